The second kappa shape index (κ2) is 11.6. The van der Waals surface area contributed by atoms with Crippen LogP contribution >= 0.6 is 11.6 Å². The second-order valence-corrected chi connectivity index (χ2v) is 8.65. The van der Waals surface area contributed by atoms with Gasteiger partial charge in [0, 0.05) is 24.8 Å². The molecule has 182 valence electrons. The van der Waals surface area contributed by atoms with Crippen molar-refractivity contribution in [3.05, 3.63) is 64.2 Å². The molecule has 0 aromatic heterocycles. The maximum absolute atomic E-state index is 10.8. The molecule has 5 atom stereocenters. The van der Waals surface area contributed by atoms with Crippen molar-refractivity contribution in [1.82, 2.24) is 0 Å². The molecule has 2 aromatic carbocycles. The lowest BCUT2D eigenvalue weighted by Gasteiger charge is -2.48. The second-order valence-electron chi connectivity index (χ2n) is 8.24. The molecule has 0 aliphatic carbocycles. The number of unbranched alkanes of at least 4 members (excludes halogenated alkanes) is 1. The lowest BCUT2D eigenvalue weighted by molar-refractivity contribution is -0.366. The van der Waals surface area contributed by atoms with E-state index in [1.54, 1.807) is 18.2 Å². The van der Waals surface area contributed by atoms with Gasteiger partial charge < -0.3 is 34.3 Å². The van der Waals surface area contributed by atoms with E-state index in [4.69, 9.17) is 30.5 Å². The topological polar surface area (TPSA) is 97.6 Å². The number of aliphatic hydroxyl groups is 3. The number of aliphatic hydroxyl groups excluding tert-OH is 3. The molecule has 1 heterocycles. The molecule has 7 nitrogen and oxygen atoms in total. The Kier molecular flexibility index (Phi) is 9.12. The van der Waals surface area contributed by atoms with Gasteiger partial charge in [0.15, 0.2) is 0 Å². The molecule has 0 bridgehead atoms. The standard InChI is InChI=1S/C25H33ClO7/c1-4-5-12-32-19-9-6-16(7-10-19)13-17-14-18(8-11-20(17)26)25(31-3)24(29)23(28)22(27)21(33-25)15-30-2/h6-11,14,21-24,27-29H,4-5,12-13,15H2,1-3H3/t21-,22-,23+,24-,25+/m1/s1. The lowest BCUT2D eigenvalue weighted by Crippen LogP contribution is -2.64. The zero-order valence-corrected chi connectivity index (χ0v) is 20.0. The summed E-state index contributed by atoms with van der Waals surface area (Å²) in [5.41, 5.74) is 2.30. The average Bonchev–Trinajstić information content (AvgIpc) is 2.82. The van der Waals surface area contributed by atoms with Gasteiger partial charge in [0.1, 0.15) is 30.2 Å². The molecular weight excluding hydrogens is 448 g/mol. The minimum atomic E-state index is -1.70. The van der Waals surface area contributed by atoms with Crippen LogP contribution in [-0.4, -0.2) is 67.2 Å². The van der Waals surface area contributed by atoms with Crippen LogP contribution in [0, 0.1) is 0 Å². The Balaban J connectivity index is 1.86. The molecule has 0 radical (unpaired) electrons. The molecule has 2 aromatic rings. The molecule has 1 fully saturated rings. The molecule has 0 amide bonds. The zero-order valence-electron chi connectivity index (χ0n) is 19.2. The quantitative estimate of drug-likeness (QED) is 0.450. The minimum absolute atomic E-state index is 0.0170. The molecule has 1 saturated heterocycles. The monoisotopic (exact) mass is 480 g/mol. The van der Waals surface area contributed by atoms with E-state index >= 15 is 0 Å². The van der Waals surface area contributed by atoms with Crippen molar-refractivity contribution in [3.8, 4) is 5.75 Å². The van der Waals surface area contributed by atoms with Crippen molar-refractivity contribution in [1.29, 1.82) is 0 Å². The molecule has 1 aliphatic heterocycles. The largest absolute Gasteiger partial charge is 0.494 e. The number of benzene rings is 2. The fraction of sp³-hybridized carbons (Fsp3) is 0.520. The van der Waals surface area contributed by atoms with Crippen LogP contribution in [-0.2, 0) is 26.4 Å². The summed E-state index contributed by atoms with van der Waals surface area (Å²) < 4.78 is 22.4. The highest BCUT2D eigenvalue weighted by Gasteiger charge is 2.55. The summed E-state index contributed by atoms with van der Waals surface area (Å²) in [4.78, 5) is 0. The summed E-state index contributed by atoms with van der Waals surface area (Å²) in [7, 11) is 2.84. The van der Waals surface area contributed by atoms with Crippen LogP contribution in [0.3, 0.4) is 0 Å². The first kappa shape index (κ1) is 25.9. The molecule has 3 rings (SSSR count). The van der Waals surface area contributed by atoms with Crippen molar-refractivity contribution >= 4 is 11.6 Å². The number of ether oxygens (including phenoxy) is 4. The third-order valence-corrected chi connectivity index (χ3v) is 6.31. The summed E-state index contributed by atoms with van der Waals surface area (Å²) >= 11 is 6.48. The van der Waals surface area contributed by atoms with Crippen LogP contribution < -0.4 is 4.74 Å². The Morgan fingerprint density at radius 2 is 1.76 bits per heavy atom. The predicted molar refractivity (Wildman–Crippen MR) is 125 cm³/mol. The van der Waals surface area contributed by atoms with Crippen molar-refractivity contribution in [2.24, 2.45) is 0 Å². The Hall–Kier alpha value is -1.71. The van der Waals surface area contributed by atoms with E-state index in [-0.39, 0.29) is 6.61 Å². The zero-order chi connectivity index (χ0) is 24.0. The van der Waals surface area contributed by atoms with Crippen LogP contribution in [0.2, 0.25) is 5.02 Å². The van der Waals surface area contributed by atoms with Gasteiger partial charge >= 0.3 is 0 Å². The van der Waals surface area contributed by atoms with E-state index < -0.39 is 30.2 Å². The highest BCUT2D eigenvalue weighted by atomic mass is 35.5. The Morgan fingerprint density at radius 1 is 1.03 bits per heavy atom. The van der Waals surface area contributed by atoms with Gasteiger partial charge in [-0.3, -0.25) is 0 Å². The number of hydrogen-bond acceptors (Lipinski definition) is 7. The van der Waals surface area contributed by atoms with Gasteiger partial charge in [-0.1, -0.05) is 43.1 Å². The van der Waals surface area contributed by atoms with E-state index in [0.29, 0.717) is 23.6 Å². The van der Waals surface area contributed by atoms with Crippen molar-refractivity contribution in [2.45, 2.75) is 56.4 Å². The van der Waals surface area contributed by atoms with E-state index in [2.05, 4.69) is 6.92 Å². The van der Waals surface area contributed by atoms with Crippen molar-refractivity contribution in [2.75, 3.05) is 27.4 Å². The van der Waals surface area contributed by atoms with E-state index in [1.807, 2.05) is 24.3 Å². The summed E-state index contributed by atoms with van der Waals surface area (Å²) in [6.45, 7) is 2.83. The molecule has 33 heavy (non-hydrogen) atoms. The van der Waals surface area contributed by atoms with Crippen molar-refractivity contribution < 1.29 is 34.3 Å². The normalized spacial score (nSPS) is 27.5. The van der Waals surface area contributed by atoms with Crippen LogP contribution in [0.5, 0.6) is 5.75 Å². The van der Waals surface area contributed by atoms with E-state index in [0.717, 1.165) is 29.7 Å². The van der Waals surface area contributed by atoms with Gasteiger partial charge in [-0.15, -0.1) is 0 Å². The fourth-order valence-electron chi connectivity index (χ4n) is 4.00. The molecule has 0 unspecified atom stereocenters. The molecule has 1 aliphatic rings. The Labute approximate surface area is 199 Å². The third-order valence-electron chi connectivity index (χ3n) is 5.94. The minimum Gasteiger partial charge on any atom is -0.494 e. The molecular formula is C25H33ClO7. The van der Waals surface area contributed by atoms with Gasteiger partial charge in [0.2, 0.25) is 5.79 Å². The number of hydrogen-bond donors (Lipinski definition) is 3. The first-order valence-corrected chi connectivity index (χ1v) is 11.5. The van der Waals surface area contributed by atoms with Gasteiger partial charge in [0.05, 0.1) is 13.2 Å². The van der Waals surface area contributed by atoms with E-state index in [9.17, 15) is 15.3 Å². The molecule has 3 N–H and O–H groups in total. The van der Waals surface area contributed by atoms with Gasteiger partial charge in [-0.05, 0) is 48.2 Å². The Morgan fingerprint density at radius 3 is 2.39 bits per heavy atom. The molecule has 0 saturated carbocycles. The average molecular weight is 481 g/mol. The van der Waals surface area contributed by atoms with Gasteiger partial charge in [-0.2, -0.15) is 0 Å². The maximum atomic E-state index is 10.8. The highest BCUT2D eigenvalue weighted by Crippen LogP contribution is 2.40. The van der Waals surface area contributed by atoms with Crippen LogP contribution in [0.1, 0.15) is 36.5 Å². The number of rotatable bonds is 10. The summed E-state index contributed by atoms with van der Waals surface area (Å²) in [5, 5.41) is 32.1. The SMILES string of the molecule is CCCCOc1ccc(Cc2cc([C@]3(OC)O[C@H](COC)[C@@H](O)[C@H](O)[C@H]3O)ccc2Cl)cc1. The van der Waals surface area contributed by atoms with Gasteiger partial charge in [0.25, 0.3) is 0 Å². The predicted octanol–water partition coefficient (Wildman–Crippen LogP) is 3.04. The number of methoxy groups -OCH3 is 2. The first-order valence-electron chi connectivity index (χ1n) is 11.1. The smallest absolute Gasteiger partial charge is 0.224 e. The third kappa shape index (κ3) is 5.69. The number of halogens is 1. The van der Waals surface area contributed by atoms with E-state index in [1.165, 1.54) is 14.2 Å². The Bertz CT molecular complexity index is 891. The highest BCUT2D eigenvalue weighted by molar-refractivity contribution is 6.31. The van der Waals surface area contributed by atoms with Crippen LogP contribution in [0.25, 0.3) is 0 Å². The summed E-state index contributed by atoms with van der Waals surface area (Å²) in [5.74, 6) is -0.876. The lowest BCUT2D eigenvalue weighted by atomic mass is 9.87. The van der Waals surface area contributed by atoms with Crippen LogP contribution in [0.4, 0.5) is 0 Å². The van der Waals surface area contributed by atoms with Gasteiger partial charge in [-0.25, -0.2) is 0 Å². The fourth-order valence-corrected chi connectivity index (χ4v) is 4.19. The summed E-state index contributed by atoms with van der Waals surface area (Å²) in [6.07, 6.45) is -2.62. The van der Waals surface area contributed by atoms with Crippen LogP contribution in [0.15, 0.2) is 42.5 Å². The first-order chi connectivity index (χ1) is 15.9. The molecule has 0 spiro atoms. The summed E-state index contributed by atoms with van der Waals surface area (Å²) in [6, 6.07) is 13.0. The van der Waals surface area contributed by atoms with Crippen molar-refractivity contribution in [3.63, 3.8) is 0 Å². The molecule has 8 heteroatoms. The maximum Gasteiger partial charge on any atom is 0.224 e.